The molecule has 0 aliphatic carbocycles. The van der Waals surface area contributed by atoms with Crippen molar-refractivity contribution in [3.05, 3.63) is 76.2 Å². The Labute approximate surface area is 154 Å². The fraction of sp³-hybridized carbons (Fsp3) is 0.0952. The molecule has 1 aromatic heterocycles. The second-order valence-electron chi connectivity index (χ2n) is 6.10. The first-order valence-corrected chi connectivity index (χ1v) is 8.31. The van der Waals surface area contributed by atoms with Gasteiger partial charge < -0.3 is 9.15 Å². The monoisotopic (exact) mass is 361 g/mol. The SMILES string of the molecule is COc1ccc(N2C(=O)CC(=Cc3coc4ccccc4c3=O)C2=O)cc1. The maximum atomic E-state index is 12.7. The number of carbonyl (C=O) groups is 2. The van der Waals surface area contributed by atoms with E-state index in [1.54, 1.807) is 48.5 Å². The molecule has 0 bridgehead atoms. The second-order valence-corrected chi connectivity index (χ2v) is 6.10. The largest absolute Gasteiger partial charge is 0.497 e. The normalized spacial score (nSPS) is 15.7. The lowest BCUT2D eigenvalue weighted by Gasteiger charge is -2.13. The highest BCUT2D eigenvalue weighted by atomic mass is 16.5. The van der Waals surface area contributed by atoms with Gasteiger partial charge in [-0.2, -0.15) is 0 Å². The quantitative estimate of drug-likeness (QED) is 0.529. The maximum absolute atomic E-state index is 12.7. The molecule has 0 saturated carbocycles. The van der Waals surface area contributed by atoms with Crippen LogP contribution in [-0.4, -0.2) is 18.9 Å². The summed E-state index contributed by atoms with van der Waals surface area (Å²) in [6.07, 6.45) is 2.67. The Hall–Kier alpha value is -3.67. The predicted molar refractivity (Wildman–Crippen MR) is 101 cm³/mol. The van der Waals surface area contributed by atoms with E-state index in [1.165, 1.54) is 19.4 Å². The fourth-order valence-electron chi connectivity index (χ4n) is 3.06. The molecule has 0 radical (unpaired) electrons. The first-order chi connectivity index (χ1) is 13.1. The van der Waals surface area contributed by atoms with Crippen LogP contribution in [-0.2, 0) is 9.59 Å². The Balaban J connectivity index is 1.71. The highest BCUT2D eigenvalue weighted by Crippen LogP contribution is 2.28. The molecule has 1 fully saturated rings. The number of imide groups is 1. The number of benzene rings is 2. The van der Waals surface area contributed by atoms with Gasteiger partial charge in [-0.1, -0.05) is 12.1 Å². The molecule has 1 aliphatic heterocycles. The van der Waals surface area contributed by atoms with Crippen molar-refractivity contribution in [3.63, 3.8) is 0 Å². The minimum absolute atomic E-state index is 0.0723. The zero-order chi connectivity index (χ0) is 19.0. The Morgan fingerprint density at radius 2 is 1.78 bits per heavy atom. The van der Waals surface area contributed by atoms with Crippen LogP contribution < -0.4 is 15.1 Å². The lowest BCUT2D eigenvalue weighted by molar-refractivity contribution is -0.120. The Bertz CT molecular complexity index is 1140. The third-order valence-corrected chi connectivity index (χ3v) is 4.44. The minimum Gasteiger partial charge on any atom is -0.497 e. The number of hydrogen-bond acceptors (Lipinski definition) is 5. The van der Waals surface area contributed by atoms with E-state index in [4.69, 9.17) is 9.15 Å². The molecule has 2 amide bonds. The molecule has 3 aromatic rings. The van der Waals surface area contributed by atoms with Gasteiger partial charge in [-0.25, -0.2) is 4.90 Å². The number of amides is 2. The molecular weight excluding hydrogens is 346 g/mol. The third-order valence-electron chi connectivity index (χ3n) is 4.44. The number of ether oxygens (including phenoxy) is 1. The summed E-state index contributed by atoms with van der Waals surface area (Å²) in [5.74, 6) is -0.165. The number of para-hydroxylation sites is 1. The number of nitrogens with zero attached hydrogens (tertiary/aromatic N) is 1. The van der Waals surface area contributed by atoms with Crippen LogP contribution in [0.15, 0.2) is 69.6 Å². The van der Waals surface area contributed by atoms with Gasteiger partial charge >= 0.3 is 0 Å². The van der Waals surface area contributed by atoms with Crippen molar-refractivity contribution in [1.29, 1.82) is 0 Å². The minimum atomic E-state index is -0.447. The van der Waals surface area contributed by atoms with Gasteiger partial charge in [0, 0.05) is 5.57 Å². The van der Waals surface area contributed by atoms with E-state index in [2.05, 4.69) is 0 Å². The van der Waals surface area contributed by atoms with E-state index in [1.807, 2.05) is 0 Å². The summed E-state index contributed by atoms with van der Waals surface area (Å²) >= 11 is 0. The molecule has 0 atom stereocenters. The van der Waals surface area contributed by atoms with E-state index < -0.39 is 5.91 Å². The van der Waals surface area contributed by atoms with Crippen molar-refractivity contribution < 1.29 is 18.7 Å². The van der Waals surface area contributed by atoms with Crippen LogP contribution in [0.3, 0.4) is 0 Å². The van der Waals surface area contributed by atoms with Gasteiger partial charge in [-0.3, -0.25) is 14.4 Å². The zero-order valence-corrected chi connectivity index (χ0v) is 14.5. The summed E-state index contributed by atoms with van der Waals surface area (Å²) in [5.41, 5.74) is 1.17. The molecule has 0 N–H and O–H groups in total. The number of carbonyl (C=O) groups excluding carboxylic acids is 2. The van der Waals surface area contributed by atoms with Crippen molar-refractivity contribution in [3.8, 4) is 5.75 Å². The Morgan fingerprint density at radius 3 is 2.52 bits per heavy atom. The van der Waals surface area contributed by atoms with Crippen molar-refractivity contribution in [2.24, 2.45) is 0 Å². The van der Waals surface area contributed by atoms with Crippen LogP contribution in [0, 0.1) is 0 Å². The lowest BCUT2D eigenvalue weighted by atomic mass is 10.1. The van der Waals surface area contributed by atoms with Crippen LogP contribution >= 0.6 is 0 Å². The smallest absolute Gasteiger partial charge is 0.261 e. The molecule has 134 valence electrons. The second kappa shape index (κ2) is 6.57. The molecule has 0 unspecified atom stereocenters. The van der Waals surface area contributed by atoms with Gasteiger partial charge in [0.05, 0.1) is 30.2 Å². The van der Waals surface area contributed by atoms with Crippen molar-refractivity contribution >= 4 is 34.5 Å². The molecule has 6 nitrogen and oxygen atoms in total. The van der Waals surface area contributed by atoms with Crippen LogP contribution in [0.1, 0.15) is 12.0 Å². The molecule has 2 aromatic carbocycles. The number of hydrogen-bond donors (Lipinski definition) is 0. The number of fused-ring (bicyclic) bond motifs is 1. The predicted octanol–water partition coefficient (Wildman–Crippen LogP) is 3.15. The van der Waals surface area contributed by atoms with Gasteiger partial charge in [0.1, 0.15) is 17.6 Å². The fourth-order valence-corrected chi connectivity index (χ4v) is 3.06. The van der Waals surface area contributed by atoms with Crippen LogP contribution in [0.4, 0.5) is 5.69 Å². The third kappa shape index (κ3) is 2.91. The van der Waals surface area contributed by atoms with E-state index in [0.29, 0.717) is 22.4 Å². The van der Waals surface area contributed by atoms with Gasteiger partial charge in [0.15, 0.2) is 5.43 Å². The first kappa shape index (κ1) is 16.8. The summed E-state index contributed by atoms with van der Waals surface area (Å²) in [4.78, 5) is 38.8. The van der Waals surface area contributed by atoms with Gasteiger partial charge in [0.2, 0.25) is 5.91 Å². The highest BCUT2D eigenvalue weighted by molar-refractivity contribution is 6.29. The molecule has 27 heavy (non-hydrogen) atoms. The summed E-state index contributed by atoms with van der Waals surface area (Å²) in [7, 11) is 1.54. The van der Waals surface area contributed by atoms with Crippen molar-refractivity contribution in [1.82, 2.24) is 0 Å². The molecule has 2 heterocycles. The average Bonchev–Trinajstić information content (AvgIpc) is 2.97. The molecular formula is C21H15NO5. The van der Waals surface area contributed by atoms with E-state index in [-0.39, 0.29) is 28.9 Å². The topological polar surface area (TPSA) is 76.8 Å². The average molecular weight is 361 g/mol. The Kier molecular flexibility index (Phi) is 4.08. The number of methoxy groups -OCH3 is 1. The number of rotatable bonds is 3. The van der Waals surface area contributed by atoms with E-state index in [0.717, 1.165) is 4.90 Å². The van der Waals surface area contributed by atoms with Gasteiger partial charge in [-0.15, -0.1) is 0 Å². The summed E-state index contributed by atoms with van der Waals surface area (Å²) in [6, 6.07) is 13.5. The van der Waals surface area contributed by atoms with E-state index in [9.17, 15) is 14.4 Å². The standard InChI is InChI=1S/C21H15NO5/c1-26-16-8-6-15(7-9-16)22-19(23)11-13(21(22)25)10-14-12-27-18-5-3-2-4-17(18)20(14)24/h2-10,12H,11H2,1H3. The molecule has 6 heteroatoms. The summed E-state index contributed by atoms with van der Waals surface area (Å²) in [5, 5.41) is 0.427. The van der Waals surface area contributed by atoms with Gasteiger partial charge in [-0.05, 0) is 42.5 Å². The number of anilines is 1. The highest BCUT2D eigenvalue weighted by Gasteiger charge is 2.35. The van der Waals surface area contributed by atoms with Crippen LogP contribution in [0.2, 0.25) is 0 Å². The molecule has 0 spiro atoms. The molecule has 1 aliphatic rings. The molecule has 1 saturated heterocycles. The lowest BCUT2D eigenvalue weighted by Crippen LogP contribution is -2.28. The Morgan fingerprint density at radius 1 is 1.04 bits per heavy atom. The summed E-state index contributed by atoms with van der Waals surface area (Å²) in [6.45, 7) is 0. The van der Waals surface area contributed by atoms with Crippen molar-refractivity contribution in [2.75, 3.05) is 12.0 Å². The van der Waals surface area contributed by atoms with Gasteiger partial charge in [0.25, 0.3) is 5.91 Å². The van der Waals surface area contributed by atoms with Crippen LogP contribution in [0.5, 0.6) is 5.75 Å². The molecule has 4 rings (SSSR count). The summed E-state index contributed by atoms with van der Waals surface area (Å²) < 4.78 is 10.6. The van der Waals surface area contributed by atoms with Crippen molar-refractivity contribution in [2.45, 2.75) is 6.42 Å². The van der Waals surface area contributed by atoms with E-state index >= 15 is 0 Å². The first-order valence-electron chi connectivity index (χ1n) is 8.31. The maximum Gasteiger partial charge on any atom is 0.261 e. The zero-order valence-electron chi connectivity index (χ0n) is 14.5. The van der Waals surface area contributed by atoms with Crippen LogP contribution in [0.25, 0.3) is 17.0 Å².